The molecule has 8 nitrogen and oxygen atoms in total. The molecule has 2 aromatic rings. The van der Waals surface area contributed by atoms with E-state index in [2.05, 4.69) is 4.98 Å². The average molecular weight is 279 g/mol. The first-order valence-electron chi connectivity index (χ1n) is 6.16. The zero-order valence-corrected chi connectivity index (χ0v) is 10.4. The lowest BCUT2D eigenvalue weighted by Gasteiger charge is -2.14. The molecule has 1 saturated heterocycles. The van der Waals surface area contributed by atoms with Crippen LogP contribution in [-0.4, -0.2) is 43.5 Å². The molecule has 0 aliphatic carbocycles. The predicted molar refractivity (Wildman–Crippen MR) is 68.0 cm³/mol. The normalized spacial score (nSPS) is 26.2. The summed E-state index contributed by atoms with van der Waals surface area (Å²) in [4.78, 5) is 14.6. The van der Waals surface area contributed by atoms with E-state index in [1.165, 1.54) is 12.3 Å². The monoisotopic (exact) mass is 279 g/mol. The van der Waals surface area contributed by atoms with Crippen LogP contribution in [0.15, 0.2) is 24.5 Å². The Morgan fingerprint density at radius 3 is 3.00 bits per heavy atom. The van der Waals surface area contributed by atoms with Crippen LogP contribution in [0.25, 0.3) is 11.0 Å². The van der Waals surface area contributed by atoms with Gasteiger partial charge in [0.25, 0.3) is 5.69 Å². The number of aliphatic hydroxyl groups is 2. The van der Waals surface area contributed by atoms with E-state index < -0.39 is 23.4 Å². The number of nitro groups is 1. The molecule has 0 saturated carbocycles. The van der Waals surface area contributed by atoms with Gasteiger partial charge in [0.2, 0.25) is 0 Å². The molecule has 0 unspecified atom stereocenters. The third-order valence-electron chi connectivity index (χ3n) is 3.48. The first kappa shape index (κ1) is 13.0. The van der Waals surface area contributed by atoms with E-state index in [-0.39, 0.29) is 12.3 Å². The molecule has 0 radical (unpaired) electrons. The smallest absolute Gasteiger partial charge is 0.281 e. The number of aromatic nitrogens is 2. The average Bonchev–Trinajstić information content (AvgIpc) is 3.01. The SMILES string of the molecule is O=[N+]([O-])c1ccnc2c1ccn2[C@H]1C[C@H](O)[C@@H](CO)O1. The van der Waals surface area contributed by atoms with Gasteiger partial charge in [-0.1, -0.05) is 0 Å². The summed E-state index contributed by atoms with van der Waals surface area (Å²) in [6, 6.07) is 2.94. The topological polar surface area (TPSA) is 111 Å². The van der Waals surface area contributed by atoms with E-state index in [1.54, 1.807) is 16.8 Å². The van der Waals surface area contributed by atoms with Gasteiger partial charge in [0.15, 0.2) is 0 Å². The fourth-order valence-corrected chi connectivity index (χ4v) is 2.49. The summed E-state index contributed by atoms with van der Waals surface area (Å²) in [6.07, 6.45) is 1.42. The van der Waals surface area contributed by atoms with Crippen molar-refractivity contribution in [2.24, 2.45) is 0 Å². The van der Waals surface area contributed by atoms with E-state index in [9.17, 15) is 15.2 Å². The number of hydrogen-bond acceptors (Lipinski definition) is 6. The first-order valence-corrected chi connectivity index (χ1v) is 6.16. The second kappa shape index (κ2) is 4.82. The van der Waals surface area contributed by atoms with Gasteiger partial charge >= 0.3 is 0 Å². The molecule has 2 aromatic heterocycles. The van der Waals surface area contributed by atoms with Gasteiger partial charge in [-0.2, -0.15) is 0 Å². The van der Waals surface area contributed by atoms with E-state index in [4.69, 9.17) is 9.84 Å². The lowest BCUT2D eigenvalue weighted by molar-refractivity contribution is -0.383. The summed E-state index contributed by atoms with van der Waals surface area (Å²) in [7, 11) is 0. The summed E-state index contributed by atoms with van der Waals surface area (Å²) < 4.78 is 7.17. The maximum Gasteiger partial charge on any atom is 0.281 e. The molecule has 20 heavy (non-hydrogen) atoms. The molecule has 0 spiro atoms. The Balaban J connectivity index is 2.02. The molecular formula is C12H13N3O5. The summed E-state index contributed by atoms with van der Waals surface area (Å²) in [5.74, 6) is 0. The number of fused-ring (bicyclic) bond motifs is 1. The Labute approximate surface area is 113 Å². The highest BCUT2D eigenvalue weighted by molar-refractivity contribution is 5.85. The fraction of sp³-hybridized carbons (Fsp3) is 0.417. The lowest BCUT2D eigenvalue weighted by Crippen LogP contribution is -2.24. The van der Waals surface area contributed by atoms with Gasteiger partial charge in [0.05, 0.1) is 23.0 Å². The minimum absolute atomic E-state index is 0.0222. The molecule has 1 fully saturated rings. The molecular weight excluding hydrogens is 266 g/mol. The number of pyridine rings is 1. The molecule has 0 aromatic carbocycles. The maximum absolute atomic E-state index is 11.0. The molecule has 0 amide bonds. The van der Waals surface area contributed by atoms with Crippen molar-refractivity contribution in [3.8, 4) is 0 Å². The number of rotatable bonds is 3. The van der Waals surface area contributed by atoms with Gasteiger partial charge in [0, 0.05) is 24.9 Å². The van der Waals surface area contributed by atoms with E-state index in [1.807, 2.05) is 0 Å². The van der Waals surface area contributed by atoms with Crippen LogP contribution in [0.4, 0.5) is 5.69 Å². The van der Waals surface area contributed by atoms with Crippen LogP contribution in [-0.2, 0) is 4.74 Å². The molecule has 3 rings (SSSR count). The van der Waals surface area contributed by atoms with Gasteiger partial charge < -0.3 is 19.5 Å². The third kappa shape index (κ3) is 1.94. The Kier molecular flexibility index (Phi) is 3.13. The number of ether oxygens (including phenoxy) is 1. The summed E-state index contributed by atoms with van der Waals surface area (Å²) >= 11 is 0. The van der Waals surface area contributed by atoms with Gasteiger partial charge in [-0.15, -0.1) is 0 Å². The van der Waals surface area contributed by atoms with Crippen LogP contribution in [0.2, 0.25) is 0 Å². The quantitative estimate of drug-likeness (QED) is 0.628. The van der Waals surface area contributed by atoms with Crippen molar-refractivity contribution in [1.82, 2.24) is 9.55 Å². The summed E-state index contributed by atoms with van der Waals surface area (Å²) in [6.45, 7) is -0.273. The summed E-state index contributed by atoms with van der Waals surface area (Å²) in [5, 5.41) is 30.2. The molecule has 106 valence electrons. The Hall–Kier alpha value is -2.03. The minimum Gasteiger partial charge on any atom is -0.394 e. The standard InChI is InChI=1S/C12H13N3O5/c16-6-10-9(17)5-11(20-10)14-4-2-7-8(15(18)19)1-3-13-12(7)14/h1-4,9-11,16-17H,5-6H2/t9-,10+,11+/m0/s1. The van der Waals surface area contributed by atoms with Crippen LogP contribution in [0.3, 0.4) is 0 Å². The van der Waals surface area contributed by atoms with E-state index >= 15 is 0 Å². The maximum atomic E-state index is 11.0. The molecule has 1 aliphatic heterocycles. The van der Waals surface area contributed by atoms with E-state index in [0.29, 0.717) is 17.5 Å². The highest BCUT2D eigenvalue weighted by atomic mass is 16.6. The Morgan fingerprint density at radius 2 is 2.35 bits per heavy atom. The first-order chi connectivity index (χ1) is 9.61. The van der Waals surface area contributed by atoms with Crippen molar-refractivity contribution in [3.63, 3.8) is 0 Å². The number of nitrogens with zero attached hydrogens (tertiary/aromatic N) is 3. The fourth-order valence-electron chi connectivity index (χ4n) is 2.49. The highest BCUT2D eigenvalue weighted by Gasteiger charge is 2.35. The molecule has 8 heteroatoms. The van der Waals surface area contributed by atoms with Gasteiger partial charge in [-0.3, -0.25) is 10.1 Å². The molecule has 1 aliphatic rings. The van der Waals surface area contributed by atoms with Gasteiger partial charge in [-0.25, -0.2) is 4.98 Å². The number of aliphatic hydroxyl groups excluding tert-OH is 2. The summed E-state index contributed by atoms with van der Waals surface area (Å²) in [5.41, 5.74) is 0.404. The van der Waals surface area contributed by atoms with Crippen molar-refractivity contribution in [3.05, 3.63) is 34.6 Å². The molecule has 0 bridgehead atoms. The molecule has 3 heterocycles. The van der Waals surface area contributed by atoms with Crippen LogP contribution in [0.1, 0.15) is 12.6 Å². The number of hydrogen-bond donors (Lipinski definition) is 2. The Morgan fingerprint density at radius 1 is 1.55 bits per heavy atom. The predicted octanol–water partition coefficient (Wildman–Crippen LogP) is 0.585. The minimum atomic E-state index is -0.763. The third-order valence-corrected chi connectivity index (χ3v) is 3.48. The zero-order valence-electron chi connectivity index (χ0n) is 10.4. The van der Waals surface area contributed by atoms with Crippen LogP contribution in [0.5, 0.6) is 0 Å². The van der Waals surface area contributed by atoms with Gasteiger partial charge in [-0.05, 0) is 6.07 Å². The van der Waals surface area contributed by atoms with E-state index in [0.717, 1.165) is 0 Å². The largest absolute Gasteiger partial charge is 0.394 e. The zero-order chi connectivity index (χ0) is 14.3. The van der Waals surface area contributed by atoms with Crippen molar-refractivity contribution in [1.29, 1.82) is 0 Å². The van der Waals surface area contributed by atoms with Crippen molar-refractivity contribution in [2.45, 2.75) is 24.9 Å². The lowest BCUT2D eigenvalue weighted by atomic mass is 10.2. The molecule has 3 atom stereocenters. The second-order valence-corrected chi connectivity index (χ2v) is 4.66. The van der Waals surface area contributed by atoms with Gasteiger partial charge in [0.1, 0.15) is 18.0 Å². The molecule has 2 N–H and O–H groups in total. The van der Waals surface area contributed by atoms with Crippen LogP contribution in [0, 0.1) is 10.1 Å². The van der Waals surface area contributed by atoms with Crippen LogP contribution >= 0.6 is 0 Å². The van der Waals surface area contributed by atoms with Crippen molar-refractivity contribution in [2.75, 3.05) is 6.61 Å². The second-order valence-electron chi connectivity index (χ2n) is 4.66. The Bertz CT molecular complexity index is 656. The van der Waals surface area contributed by atoms with Crippen molar-refractivity contribution >= 4 is 16.7 Å². The highest BCUT2D eigenvalue weighted by Crippen LogP contribution is 2.33. The van der Waals surface area contributed by atoms with Crippen LogP contribution < -0.4 is 0 Å². The van der Waals surface area contributed by atoms with Crippen molar-refractivity contribution < 1.29 is 19.9 Å².